The van der Waals surface area contributed by atoms with E-state index in [1.54, 1.807) is 6.26 Å². The first-order valence-electron chi connectivity index (χ1n) is 8.43. The number of ether oxygens (including phenoxy) is 1. The molecule has 0 saturated heterocycles. The van der Waals surface area contributed by atoms with Crippen molar-refractivity contribution in [1.29, 1.82) is 0 Å². The molecule has 0 amide bonds. The molecule has 0 atom stereocenters. The predicted octanol–water partition coefficient (Wildman–Crippen LogP) is 3.90. The van der Waals surface area contributed by atoms with E-state index in [9.17, 15) is 0 Å². The van der Waals surface area contributed by atoms with Crippen molar-refractivity contribution in [3.05, 3.63) is 60.1 Å². The molecule has 1 N–H and O–H groups in total. The van der Waals surface area contributed by atoms with Crippen LogP contribution >= 0.6 is 24.0 Å². The van der Waals surface area contributed by atoms with Gasteiger partial charge in [0.1, 0.15) is 12.4 Å². The lowest BCUT2D eigenvalue weighted by Crippen LogP contribution is -2.38. The fraction of sp³-hybridized carbons (Fsp3) is 0.421. The van der Waals surface area contributed by atoms with Crippen LogP contribution < -0.4 is 5.32 Å². The second-order valence-electron chi connectivity index (χ2n) is 5.56. The Kier molecular flexibility index (Phi) is 11.0. The number of guanidine groups is 1. The molecule has 0 bridgehead atoms. The predicted molar refractivity (Wildman–Crippen MR) is 112 cm³/mol. The van der Waals surface area contributed by atoms with Gasteiger partial charge in [-0.2, -0.15) is 0 Å². The molecule has 1 heterocycles. The molecular weight excluding hydrogens is 429 g/mol. The Balaban J connectivity index is 0.00000312. The molecule has 1 aromatic carbocycles. The zero-order valence-electron chi connectivity index (χ0n) is 15.0. The molecule has 2 aromatic rings. The molecule has 0 saturated carbocycles. The van der Waals surface area contributed by atoms with Crippen LogP contribution in [-0.4, -0.2) is 37.6 Å². The van der Waals surface area contributed by atoms with Crippen LogP contribution in [-0.2, 0) is 17.9 Å². The van der Waals surface area contributed by atoms with Crippen LogP contribution in [0.25, 0.3) is 0 Å². The van der Waals surface area contributed by atoms with Gasteiger partial charge in [-0.1, -0.05) is 30.3 Å². The second-order valence-corrected chi connectivity index (χ2v) is 5.56. The van der Waals surface area contributed by atoms with Crippen molar-refractivity contribution in [2.24, 2.45) is 4.99 Å². The highest BCUT2D eigenvalue weighted by Gasteiger charge is 2.05. The van der Waals surface area contributed by atoms with E-state index in [0.717, 1.165) is 37.8 Å². The Morgan fingerprint density at radius 1 is 1.20 bits per heavy atom. The summed E-state index contributed by atoms with van der Waals surface area (Å²) in [4.78, 5) is 6.81. The van der Waals surface area contributed by atoms with Gasteiger partial charge < -0.3 is 19.4 Å². The lowest BCUT2D eigenvalue weighted by atomic mass is 10.2. The Hall–Kier alpha value is -1.54. The first-order chi connectivity index (χ1) is 11.8. The number of rotatable bonds is 9. The molecule has 138 valence electrons. The average Bonchev–Trinajstić information content (AvgIpc) is 3.11. The smallest absolute Gasteiger partial charge is 0.193 e. The highest BCUT2D eigenvalue weighted by Crippen LogP contribution is 2.04. The maximum absolute atomic E-state index is 5.58. The number of nitrogens with zero attached hydrogens (tertiary/aromatic N) is 2. The number of hydrogen-bond donors (Lipinski definition) is 1. The van der Waals surface area contributed by atoms with Crippen molar-refractivity contribution in [3.8, 4) is 0 Å². The van der Waals surface area contributed by atoms with Crippen LogP contribution in [0, 0.1) is 0 Å². The van der Waals surface area contributed by atoms with Crippen molar-refractivity contribution < 1.29 is 9.15 Å². The van der Waals surface area contributed by atoms with E-state index in [1.807, 2.05) is 18.2 Å². The quantitative estimate of drug-likeness (QED) is 0.269. The van der Waals surface area contributed by atoms with Gasteiger partial charge in [0.25, 0.3) is 0 Å². The standard InChI is InChI=1S/C19H27N3O2.HI/c1-3-20-19(22(2)15-17-9-5-4-6-10-17)21-12-8-13-23-16-18-11-7-14-24-18;/h4-7,9-11,14H,3,8,12-13,15-16H2,1-2H3,(H,20,21);1H. The molecule has 5 nitrogen and oxygen atoms in total. The highest BCUT2D eigenvalue weighted by atomic mass is 127. The molecule has 0 aliphatic rings. The summed E-state index contributed by atoms with van der Waals surface area (Å²) in [6.07, 6.45) is 2.54. The molecule has 0 fully saturated rings. The van der Waals surface area contributed by atoms with Gasteiger partial charge in [0, 0.05) is 33.3 Å². The monoisotopic (exact) mass is 457 g/mol. The molecule has 0 unspecified atom stereocenters. The molecule has 1 aromatic heterocycles. The van der Waals surface area contributed by atoms with Crippen LogP contribution in [0.5, 0.6) is 0 Å². The van der Waals surface area contributed by atoms with E-state index in [1.165, 1.54) is 5.56 Å². The zero-order valence-corrected chi connectivity index (χ0v) is 17.3. The number of benzene rings is 1. The van der Waals surface area contributed by atoms with Gasteiger partial charge in [0.15, 0.2) is 5.96 Å². The molecule has 0 aliphatic heterocycles. The van der Waals surface area contributed by atoms with Gasteiger partial charge in [0.2, 0.25) is 0 Å². The molecule has 6 heteroatoms. The van der Waals surface area contributed by atoms with E-state index < -0.39 is 0 Å². The maximum atomic E-state index is 5.58. The van der Waals surface area contributed by atoms with E-state index in [0.29, 0.717) is 13.2 Å². The number of hydrogen-bond acceptors (Lipinski definition) is 3. The third-order valence-corrected chi connectivity index (χ3v) is 3.49. The van der Waals surface area contributed by atoms with Crippen molar-refractivity contribution in [2.75, 3.05) is 26.7 Å². The van der Waals surface area contributed by atoms with Crippen LogP contribution in [0.15, 0.2) is 58.1 Å². The lowest BCUT2D eigenvalue weighted by molar-refractivity contribution is 0.105. The summed E-state index contributed by atoms with van der Waals surface area (Å²) in [5.41, 5.74) is 1.27. The van der Waals surface area contributed by atoms with Crippen LogP contribution in [0.3, 0.4) is 0 Å². The van der Waals surface area contributed by atoms with E-state index in [-0.39, 0.29) is 24.0 Å². The van der Waals surface area contributed by atoms with Gasteiger partial charge in [-0.25, -0.2) is 0 Å². The van der Waals surface area contributed by atoms with Crippen molar-refractivity contribution in [2.45, 2.75) is 26.5 Å². The zero-order chi connectivity index (χ0) is 17.0. The SMILES string of the molecule is CCNC(=NCCCOCc1ccco1)N(C)Cc1ccccc1.I. The Morgan fingerprint density at radius 3 is 2.68 bits per heavy atom. The molecular formula is C19H28IN3O2. The third-order valence-electron chi connectivity index (χ3n) is 3.49. The average molecular weight is 457 g/mol. The minimum absolute atomic E-state index is 0. The summed E-state index contributed by atoms with van der Waals surface area (Å²) in [6.45, 7) is 5.70. The second kappa shape index (κ2) is 12.8. The topological polar surface area (TPSA) is 50.0 Å². The summed E-state index contributed by atoms with van der Waals surface area (Å²) in [7, 11) is 2.06. The number of nitrogens with one attached hydrogen (secondary N) is 1. The fourth-order valence-corrected chi connectivity index (χ4v) is 2.32. The third kappa shape index (κ3) is 8.40. The van der Waals surface area contributed by atoms with Gasteiger partial charge in [-0.15, -0.1) is 24.0 Å². The number of halogens is 1. The molecule has 0 aliphatic carbocycles. The summed E-state index contributed by atoms with van der Waals surface area (Å²) >= 11 is 0. The lowest BCUT2D eigenvalue weighted by Gasteiger charge is -2.22. The van der Waals surface area contributed by atoms with Crippen molar-refractivity contribution in [1.82, 2.24) is 10.2 Å². The van der Waals surface area contributed by atoms with Crippen LogP contribution in [0.1, 0.15) is 24.7 Å². The highest BCUT2D eigenvalue weighted by molar-refractivity contribution is 14.0. The van der Waals surface area contributed by atoms with Gasteiger partial charge >= 0.3 is 0 Å². The summed E-state index contributed by atoms with van der Waals surface area (Å²) in [6, 6.07) is 14.2. The van der Waals surface area contributed by atoms with Crippen LogP contribution in [0.4, 0.5) is 0 Å². The van der Waals surface area contributed by atoms with Gasteiger partial charge in [-0.05, 0) is 31.0 Å². The first kappa shape index (κ1) is 21.5. The number of aliphatic imine (C=N–C) groups is 1. The molecule has 25 heavy (non-hydrogen) atoms. The summed E-state index contributed by atoms with van der Waals surface area (Å²) in [5.74, 6) is 1.78. The first-order valence-corrected chi connectivity index (χ1v) is 8.43. The van der Waals surface area contributed by atoms with Crippen molar-refractivity contribution in [3.63, 3.8) is 0 Å². The Bertz CT molecular complexity index is 588. The van der Waals surface area contributed by atoms with E-state index >= 15 is 0 Å². The Morgan fingerprint density at radius 2 is 2.00 bits per heavy atom. The molecule has 2 rings (SSSR count). The summed E-state index contributed by atoms with van der Waals surface area (Å²) in [5, 5.41) is 3.34. The maximum Gasteiger partial charge on any atom is 0.193 e. The number of furan rings is 1. The van der Waals surface area contributed by atoms with E-state index in [2.05, 4.69) is 53.4 Å². The fourth-order valence-electron chi connectivity index (χ4n) is 2.32. The minimum atomic E-state index is 0. The van der Waals surface area contributed by atoms with Gasteiger partial charge in [-0.3, -0.25) is 4.99 Å². The largest absolute Gasteiger partial charge is 0.467 e. The molecule has 0 spiro atoms. The normalized spacial score (nSPS) is 11.0. The van der Waals surface area contributed by atoms with Gasteiger partial charge in [0.05, 0.1) is 6.26 Å². The summed E-state index contributed by atoms with van der Waals surface area (Å²) < 4.78 is 10.8. The van der Waals surface area contributed by atoms with Crippen LogP contribution in [0.2, 0.25) is 0 Å². The minimum Gasteiger partial charge on any atom is -0.467 e. The molecule has 0 radical (unpaired) electrons. The van der Waals surface area contributed by atoms with E-state index in [4.69, 9.17) is 9.15 Å². The Labute approximate surface area is 167 Å². The van der Waals surface area contributed by atoms with Crippen molar-refractivity contribution >= 4 is 29.9 Å².